The van der Waals surface area contributed by atoms with Crippen molar-refractivity contribution in [1.29, 1.82) is 0 Å². The fraction of sp³-hybridized carbons (Fsp3) is 0.435. The molecule has 1 fully saturated rings. The number of likely N-dealkylation sites (N-methyl/N-ethyl adjacent to an activating group) is 1. The van der Waals surface area contributed by atoms with E-state index in [1.807, 2.05) is 44.4 Å². The number of hydrogen-bond acceptors (Lipinski definition) is 4. The molecule has 6 nitrogen and oxygen atoms in total. The SMILES string of the molecule is CN=C(NCC(c1ccc(F)cc1)N(C)C)NC1CCN(c2ccccc2OC)C1.I. The third kappa shape index (κ3) is 6.70. The number of ether oxygens (including phenoxy) is 1. The van der Waals surface area contributed by atoms with Crippen LogP contribution in [0.25, 0.3) is 0 Å². The van der Waals surface area contributed by atoms with Gasteiger partial charge in [-0.05, 0) is 50.3 Å². The molecule has 2 aromatic carbocycles. The highest BCUT2D eigenvalue weighted by atomic mass is 127. The van der Waals surface area contributed by atoms with E-state index >= 15 is 0 Å². The molecule has 0 saturated carbocycles. The molecule has 0 radical (unpaired) electrons. The lowest BCUT2D eigenvalue weighted by Gasteiger charge is -2.27. The second-order valence-corrected chi connectivity index (χ2v) is 7.73. The van der Waals surface area contributed by atoms with Crippen LogP contribution in [0.15, 0.2) is 53.5 Å². The second-order valence-electron chi connectivity index (χ2n) is 7.73. The Morgan fingerprint density at radius 3 is 2.58 bits per heavy atom. The lowest BCUT2D eigenvalue weighted by atomic mass is 10.1. The summed E-state index contributed by atoms with van der Waals surface area (Å²) in [7, 11) is 7.53. The quantitative estimate of drug-likeness (QED) is 0.320. The fourth-order valence-electron chi connectivity index (χ4n) is 3.85. The van der Waals surface area contributed by atoms with Gasteiger partial charge in [0.25, 0.3) is 0 Å². The Morgan fingerprint density at radius 2 is 1.94 bits per heavy atom. The Hall–Kier alpha value is -2.07. The molecular weight excluding hydrogens is 508 g/mol. The summed E-state index contributed by atoms with van der Waals surface area (Å²) in [5, 5.41) is 6.96. The minimum absolute atomic E-state index is 0. The smallest absolute Gasteiger partial charge is 0.191 e. The number of nitrogens with one attached hydrogen (secondary N) is 2. The molecule has 1 heterocycles. The minimum atomic E-state index is -0.220. The lowest BCUT2D eigenvalue weighted by Crippen LogP contribution is -2.46. The molecule has 1 aliphatic heterocycles. The first kappa shape index (κ1) is 25.2. The Balaban J connectivity index is 0.00000341. The van der Waals surface area contributed by atoms with Crippen LogP contribution >= 0.6 is 24.0 Å². The van der Waals surface area contributed by atoms with E-state index in [1.54, 1.807) is 14.2 Å². The zero-order chi connectivity index (χ0) is 21.5. The highest BCUT2D eigenvalue weighted by Crippen LogP contribution is 2.30. The van der Waals surface area contributed by atoms with Gasteiger partial charge < -0.3 is 25.2 Å². The van der Waals surface area contributed by atoms with Crippen LogP contribution in [0, 0.1) is 5.82 Å². The molecule has 2 aromatic rings. The summed E-state index contributed by atoms with van der Waals surface area (Å²) in [4.78, 5) is 8.85. The number of anilines is 1. The van der Waals surface area contributed by atoms with Gasteiger partial charge >= 0.3 is 0 Å². The van der Waals surface area contributed by atoms with Gasteiger partial charge in [-0.1, -0.05) is 24.3 Å². The van der Waals surface area contributed by atoms with Crippen LogP contribution in [0.1, 0.15) is 18.0 Å². The van der Waals surface area contributed by atoms with Crippen LogP contribution in [0.5, 0.6) is 5.75 Å². The van der Waals surface area contributed by atoms with Gasteiger partial charge in [-0.3, -0.25) is 4.99 Å². The Morgan fingerprint density at radius 1 is 1.23 bits per heavy atom. The van der Waals surface area contributed by atoms with Crippen molar-refractivity contribution in [1.82, 2.24) is 15.5 Å². The molecular formula is C23H33FIN5O. The van der Waals surface area contributed by atoms with Crippen molar-refractivity contribution in [3.63, 3.8) is 0 Å². The highest BCUT2D eigenvalue weighted by molar-refractivity contribution is 14.0. The number of benzene rings is 2. The maximum atomic E-state index is 13.3. The van der Waals surface area contributed by atoms with Gasteiger partial charge in [-0.15, -0.1) is 24.0 Å². The predicted molar refractivity (Wildman–Crippen MR) is 136 cm³/mol. The average Bonchev–Trinajstić information content (AvgIpc) is 3.22. The van der Waals surface area contributed by atoms with E-state index in [0.29, 0.717) is 12.6 Å². The minimum Gasteiger partial charge on any atom is -0.495 e. The molecule has 0 spiro atoms. The number of halogens is 2. The van der Waals surface area contributed by atoms with Gasteiger partial charge in [-0.25, -0.2) is 4.39 Å². The predicted octanol–water partition coefficient (Wildman–Crippen LogP) is 3.50. The summed E-state index contributed by atoms with van der Waals surface area (Å²) < 4.78 is 18.8. The normalized spacial score (nSPS) is 17.3. The van der Waals surface area contributed by atoms with Crippen molar-refractivity contribution in [2.75, 3.05) is 52.8 Å². The average molecular weight is 541 g/mol. The zero-order valence-electron chi connectivity index (χ0n) is 18.6. The van der Waals surface area contributed by atoms with Crippen molar-refractivity contribution in [3.05, 3.63) is 59.9 Å². The summed E-state index contributed by atoms with van der Waals surface area (Å²) in [6.45, 7) is 2.52. The molecule has 0 aliphatic carbocycles. The molecule has 8 heteroatoms. The molecule has 31 heavy (non-hydrogen) atoms. The monoisotopic (exact) mass is 541 g/mol. The van der Waals surface area contributed by atoms with Gasteiger partial charge in [0.15, 0.2) is 5.96 Å². The fourth-order valence-corrected chi connectivity index (χ4v) is 3.85. The Kier molecular flexibility index (Phi) is 9.83. The number of para-hydroxylation sites is 2. The van der Waals surface area contributed by atoms with E-state index in [2.05, 4.69) is 31.5 Å². The summed E-state index contributed by atoms with van der Waals surface area (Å²) in [5.74, 6) is 1.45. The summed E-state index contributed by atoms with van der Waals surface area (Å²) in [6, 6.07) is 15.2. The number of rotatable bonds is 7. The van der Waals surface area contributed by atoms with E-state index in [1.165, 1.54) is 12.1 Å². The van der Waals surface area contributed by atoms with Gasteiger partial charge in [0, 0.05) is 32.7 Å². The summed E-state index contributed by atoms with van der Waals surface area (Å²) >= 11 is 0. The van der Waals surface area contributed by atoms with Crippen molar-refractivity contribution < 1.29 is 9.13 Å². The number of methoxy groups -OCH3 is 1. The van der Waals surface area contributed by atoms with Gasteiger partial charge in [-0.2, -0.15) is 0 Å². The maximum Gasteiger partial charge on any atom is 0.191 e. The van der Waals surface area contributed by atoms with Crippen LogP contribution in [-0.2, 0) is 0 Å². The van der Waals surface area contributed by atoms with Crippen molar-refractivity contribution in [3.8, 4) is 5.75 Å². The van der Waals surface area contributed by atoms with Crippen molar-refractivity contribution in [2.45, 2.75) is 18.5 Å². The van der Waals surface area contributed by atoms with Crippen LogP contribution in [0.4, 0.5) is 10.1 Å². The van der Waals surface area contributed by atoms with Gasteiger partial charge in [0.1, 0.15) is 11.6 Å². The molecule has 0 amide bonds. The topological polar surface area (TPSA) is 52.1 Å². The molecule has 0 aromatic heterocycles. The van der Waals surface area contributed by atoms with Crippen LogP contribution in [-0.4, -0.2) is 64.8 Å². The number of guanidine groups is 1. The molecule has 170 valence electrons. The van der Waals surface area contributed by atoms with Crippen molar-refractivity contribution >= 4 is 35.6 Å². The zero-order valence-corrected chi connectivity index (χ0v) is 21.0. The van der Waals surface area contributed by atoms with Crippen LogP contribution < -0.4 is 20.3 Å². The van der Waals surface area contributed by atoms with Gasteiger partial charge in [0.05, 0.1) is 18.8 Å². The molecule has 2 unspecified atom stereocenters. The first-order chi connectivity index (χ1) is 14.5. The van der Waals surface area contributed by atoms with Crippen LogP contribution in [0.2, 0.25) is 0 Å². The lowest BCUT2D eigenvalue weighted by molar-refractivity contribution is 0.297. The third-order valence-corrected chi connectivity index (χ3v) is 5.52. The number of nitrogens with zero attached hydrogens (tertiary/aromatic N) is 3. The highest BCUT2D eigenvalue weighted by Gasteiger charge is 2.25. The van der Waals surface area contributed by atoms with E-state index in [0.717, 1.165) is 42.5 Å². The number of hydrogen-bond donors (Lipinski definition) is 2. The third-order valence-electron chi connectivity index (χ3n) is 5.52. The molecule has 2 N–H and O–H groups in total. The first-order valence-electron chi connectivity index (χ1n) is 10.3. The molecule has 0 bridgehead atoms. The standard InChI is InChI=1S/C23H32FN5O.HI/c1-25-23(26-15-21(28(2)3)17-9-11-18(24)12-10-17)27-19-13-14-29(16-19)20-7-5-6-8-22(20)30-4;/h5-12,19,21H,13-16H2,1-4H3,(H2,25,26,27);1H. The van der Waals surface area contributed by atoms with E-state index in [-0.39, 0.29) is 35.8 Å². The largest absolute Gasteiger partial charge is 0.495 e. The molecule has 3 rings (SSSR count). The van der Waals surface area contributed by atoms with E-state index < -0.39 is 0 Å². The molecule has 1 aliphatic rings. The Bertz CT molecular complexity index is 846. The van der Waals surface area contributed by atoms with Crippen LogP contribution in [0.3, 0.4) is 0 Å². The van der Waals surface area contributed by atoms with Crippen molar-refractivity contribution in [2.24, 2.45) is 4.99 Å². The maximum absolute atomic E-state index is 13.3. The summed E-state index contributed by atoms with van der Waals surface area (Å²) in [5.41, 5.74) is 2.18. The molecule has 2 atom stereocenters. The van der Waals surface area contributed by atoms with Gasteiger partial charge in [0.2, 0.25) is 0 Å². The molecule has 1 saturated heterocycles. The second kappa shape index (κ2) is 12.1. The van der Waals surface area contributed by atoms with E-state index in [9.17, 15) is 4.39 Å². The Labute approximate surface area is 201 Å². The number of aliphatic imine (C=N–C) groups is 1. The summed E-state index contributed by atoms with van der Waals surface area (Å²) in [6.07, 6.45) is 1.02. The van der Waals surface area contributed by atoms with E-state index in [4.69, 9.17) is 4.74 Å². The first-order valence-corrected chi connectivity index (χ1v) is 10.3.